The average molecular weight is 385 g/mol. The molecule has 9 heteroatoms. The number of benzene rings is 2. The van der Waals surface area contributed by atoms with Crippen LogP contribution in [0.25, 0.3) is 11.5 Å². The van der Waals surface area contributed by atoms with Crippen LogP contribution in [0.4, 0.5) is 4.39 Å². The predicted molar refractivity (Wildman–Crippen MR) is 95.5 cm³/mol. The van der Waals surface area contributed by atoms with E-state index in [2.05, 4.69) is 10.4 Å². The molecule has 8 nitrogen and oxygen atoms in total. The van der Waals surface area contributed by atoms with E-state index in [1.807, 2.05) is 12.1 Å². The van der Waals surface area contributed by atoms with Crippen LogP contribution < -0.4 is 20.5 Å². The molecule has 1 aromatic heterocycles. The van der Waals surface area contributed by atoms with Crippen LogP contribution in [0.1, 0.15) is 0 Å². The van der Waals surface area contributed by atoms with Crippen LogP contribution in [0, 0.1) is 5.82 Å². The number of halogens is 1. The summed E-state index contributed by atoms with van der Waals surface area (Å²) in [5.74, 6) is -0.332. The summed E-state index contributed by atoms with van der Waals surface area (Å²) in [4.78, 5) is 24.0. The Morgan fingerprint density at radius 2 is 1.93 bits per heavy atom. The number of aromatic nitrogens is 2. The summed E-state index contributed by atoms with van der Waals surface area (Å²) in [6, 6.07) is 12.6. The van der Waals surface area contributed by atoms with Gasteiger partial charge in [-0.1, -0.05) is 12.1 Å². The van der Waals surface area contributed by atoms with E-state index in [1.165, 1.54) is 24.3 Å². The number of fused-ring (bicyclic) bond motifs is 1. The van der Waals surface area contributed by atoms with Crippen LogP contribution in [0.15, 0.2) is 57.7 Å². The molecule has 3 aromatic rings. The fourth-order valence-electron chi connectivity index (χ4n) is 2.70. The smallest absolute Gasteiger partial charge is 0.437 e. The zero-order valence-corrected chi connectivity index (χ0v) is 14.6. The molecular formula is C19H16FN3O5. The Morgan fingerprint density at radius 3 is 2.71 bits per heavy atom. The van der Waals surface area contributed by atoms with Crippen LogP contribution >= 0.6 is 0 Å². The van der Waals surface area contributed by atoms with Crippen LogP contribution in [0.2, 0.25) is 0 Å². The first-order valence-corrected chi connectivity index (χ1v) is 8.57. The summed E-state index contributed by atoms with van der Waals surface area (Å²) in [5.41, 5.74) is 0.434. The number of nitrogens with one attached hydrogen (secondary N) is 1. The van der Waals surface area contributed by atoms with Gasteiger partial charge in [0.1, 0.15) is 25.1 Å². The lowest BCUT2D eigenvalue weighted by Crippen LogP contribution is -2.42. The first-order valence-electron chi connectivity index (χ1n) is 8.57. The molecule has 0 saturated heterocycles. The Bertz CT molecular complexity index is 1040. The van der Waals surface area contributed by atoms with Gasteiger partial charge in [-0.3, -0.25) is 4.79 Å². The van der Waals surface area contributed by atoms with Gasteiger partial charge in [-0.25, -0.2) is 9.18 Å². The third-order valence-corrected chi connectivity index (χ3v) is 4.09. The van der Waals surface area contributed by atoms with Crippen molar-refractivity contribution in [1.29, 1.82) is 0 Å². The van der Waals surface area contributed by atoms with Crippen molar-refractivity contribution in [2.75, 3.05) is 13.2 Å². The van der Waals surface area contributed by atoms with Gasteiger partial charge in [-0.2, -0.15) is 4.68 Å². The van der Waals surface area contributed by atoms with Gasteiger partial charge in [-0.05, 0) is 36.4 Å². The fraction of sp³-hybridized carbons (Fsp3) is 0.211. The van der Waals surface area contributed by atoms with Crippen molar-refractivity contribution in [3.05, 3.63) is 64.9 Å². The number of hydrogen-bond acceptors (Lipinski definition) is 6. The highest BCUT2D eigenvalue weighted by atomic mass is 19.1. The average Bonchev–Trinajstić information content (AvgIpc) is 3.07. The highest BCUT2D eigenvalue weighted by Gasteiger charge is 2.21. The molecule has 1 atom stereocenters. The molecule has 0 saturated carbocycles. The third-order valence-electron chi connectivity index (χ3n) is 4.09. The van der Waals surface area contributed by atoms with Crippen molar-refractivity contribution in [1.82, 2.24) is 15.1 Å². The Kier molecular flexibility index (Phi) is 4.79. The molecule has 1 aliphatic heterocycles. The predicted octanol–water partition coefficient (Wildman–Crippen LogP) is 1.60. The van der Waals surface area contributed by atoms with Gasteiger partial charge >= 0.3 is 5.76 Å². The number of para-hydroxylation sites is 2. The largest absolute Gasteiger partial charge is 0.486 e. The molecule has 2 aromatic carbocycles. The maximum atomic E-state index is 13.0. The summed E-state index contributed by atoms with van der Waals surface area (Å²) >= 11 is 0. The second kappa shape index (κ2) is 7.55. The van der Waals surface area contributed by atoms with E-state index in [0.717, 1.165) is 4.68 Å². The molecular weight excluding hydrogens is 369 g/mol. The summed E-state index contributed by atoms with van der Waals surface area (Å²) in [6.07, 6.45) is -0.345. The third kappa shape index (κ3) is 3.88. The molecule has 2 heterocycles. The maximum absolute atomic E-state index is 13.0. The van der Waals surface area contributed by atoms with E-state index >= 15 is 0 Å². The first-order chi connectivity index (χ1) is 13.6. The van der Waals surface area contributed by atoms with E-state index < -0.39 is 17.5 Å². The Morgan fingerprint density at radius 1 is 1.18 bits per heavy atom. The van der Waals surface area contributed by atoms with Gasteiger partial charge in [0.15, 0.2) is 11.5 Å². The van der Waals surface area contributed by atoms with Crippen molar-refractivity contribution in [2.24, 2.45) is 0 Å². The second-order valence-corrected chi connectivity index (χ2v) is 6.14. The van der Waals surface area contributed by atoms with Crippen LogP contribution in [0.5, 0.6) is 11.5 Å². The highest BCUT2D eigenvalue weighted by Crippen LogP contribution is 2.30. The summed E-state index contributed by atoms with van der Waals surface area (Å²) < 4.78 is 30.3. The molecule has 0 fully saturated rings. The molecule has 28 heavy (non-hydrogen) atoms. The lowest BCUT2D eigenvalue weighted by molar-refractivity contribution is -0.122. The van der Waals surface area contributed by atoms with Crippen LogP contribution in [-0.4, -0.2) is 34.9 Å². The van der Waals surface area contributed by atoms with Crippen molar-refractivity contribution in [3.63, 3.8) is 0 Å². The highest BCUT2D eigenvalue weighted by molar-refractivity contribution is 5.75. The maximum Gasteiger partial charge on any atom is 0.437 e. The number of rotatable bonds is 5. The second-order valence-electron chi connectivity index (χ2n) is 6.14. The molecule has 1 N–H and O–H groups in total. The molecule has 1 aliphatic rings. The minimum atomic E-state index is -0.777. The summed E-state index contributed by atoms with van der Waals surface area (Å²) in [7, 11) is 0. The topological polar surface area (TPSA) is 95.6 Å². The van der Waals surface area contributed by atoms with Gasteiger partial charge in [0.05, 0.1) is 6.54 Å². The number of hydrogen-bond donors (Lipinski definition) is 1. The molecule has 0 radical (unpaired) electrons. The van der Waals surface area contributed by atoms with Gasteiger partial charge in [0.25, 0.3) is 0 Å². The van der Waals surface area contributed by atoms with E-state index in [9.17, 15) is 14.0 Å². The lowest BCUT2D eigenvalue weighted by Gasteiger charge is -2.26. The molecule has 0 bridgehead atoms. The Balaban J connectivity index is 1.34. The fourth-order valence-corrected chi connectivity index (χ4v) is 2.70. The molecule has 4 rings (SSSR count). The standard InChI is InChI=1S/C19H16FN3O5/c20-13-7-5-12(6-8-13)18-22-23(19(25)28-18)10-17(24)21-9-14-11-26-15-3-1-2-4-16(15)27-14/h1-8,14H,9-11H2,(H,21,24). The summed E-state index contributed by atoms with van der Waals surface area (Å²) in [6.45, 7) is 0.203. The van der Waals surface area contributed by atoms with Gasteiger partial charge < -0.3 is 19.2 Å². The molecule has 1 amide bonds. The normalized spacial score (nSPS) is 15.2. The van der Waals surface area contributed by atoms with Gasteiger partial charge in [0, 0.05) is 5.56 Å². The van der Waals surface area contributed by atoms with Gasteiger partial charge in [0.2, 0.25) is 11.8 Å². The van der Waals surface area contributed by atoms with Crippen molar-refractivity contribution in [3.8, 4) is 23.0 Å². The summed E-state index contributed by atoms with van der Waals surface area (Å²) in [5, 5.41) is 6.65. The SMILES string of the molecule is O=C(Cn1nc(-c2ccc(F)cc2)oc1=O)NCC1COc2ccccc2O1. The number of carbonyl (C=O) groups excluding carboxylic acids is 1. The van der Waals surface area contributed by atoms with E-state index in [1.54, 1.807) is 12.1 Å². The number of amides is 1. The number of ether oxygens (including phenoxy) is 2. The minimum Gasteiger partial charge on any atom is -0.486 e. The lowest BCUT2D eigenvalue weighted by atomic mass is 10.2. The number of nitrogens with zero attached hydrogens (tertiary/aromatic N) is 2. The van der Waals surface area contributed by atoms with Crippen LogP contribution in [0.3, 0.4) is 0 Å². The minimum absolute atomic E-state index is 0.0124. The van der Waals surface area contributed by atoms with E-state index in [0.29, 0.717) is 23.7 Å². The van der Waals surface area contributed by atoms with Crippen molar-refractivity contribution in [2.45, 2.75) is 12.6 Å². The molecule has 0 spiro atoms. The molecule has 1 unspecified atom stereocenters. The van der Waals surface area contributed by atoms with Crippen molar-refractivity contribution < 1.29 is 23.1 Å². The molecule has 144 valence electrons. The van der Waals surface area contributed by atoms with Crippen molar-refractivity contribution >= 4 is 5.91 Å². The monoisotopic (exact) mass is 385 g/mol. The van der Waals surface area contributed by atoms with Crippen LogP contribution in [-0.2, 0) is 11.3 Å². The van der Waals surface area contributed by atoms with E-state index in [-0.39, 0.29) is 25.1 Å². The van der Waals surface area contributed by atoms with E-state index in [4.69, 9.17) is 13.9 Å². The Labute approximate surface area is 158 Å². The first kappa shape index (κ1) is 17.8. The van der Waals surface area contributed by atoms with Gasteiger partial charge in [-0.15, -0.1) is 5.10 Å². The Hall–Kier alpha value is -3.62. The quantitative estimate of drug-likeness (QED) is 0.717. The zero-order chi connectivity index (χ0) is 19.5. The zero-order valence-electron chi connectivity index (χ0n) is 14.6. The number of carbonyl (C=O) groups is 1. The molecule has 0 aliphatic carbocycles.